The minimum Gasteiger partial charge on any atom is -0.496 e. The Morgan fingerprint density at radius 2 is 1.55 bits per heavy atom. The van der Waals surface area contributed by atoms with E-state index in [1.54, 1.807) is 49.6 Å². The lowest BCUT2D eigenvalue weighted by molar-refractivity contribution is 0.0600. The van der Waals surface area contributed by atoms with Gasteiger partial charge in [-0.3, -0.25) is 4.79 Å². The number of esters is 1. The summed E-state index contributed by atoms with van der Waals surface area (Å²) in [6.45, 7) is 4.35. The van der Waals surface area contributed by atoms with Crippen LogP contribution in [0.25, 0.3) is 0 Å². The number of ether oxygens (including phenoxy) is 3. The summed E-state index contributed by atoms with van der Waals surface area (Å²) < 4.78 is 16.0. The second-order valence-electron chi connectivity index (χ2n) is 7.08. The molecule has 0 bridgehead atoms. The Balaban J connectivity index is 1.73. The first-order chi connectivity index (χ1) is 14.9. The van der Waals surface area contributed by atoms with Crippen LogP contribution in [0.2, 0.25) is 0 Å². The molecule has 0 spiro atoms. The predicted molar refractivity (Wildman–Crippen MR) is 119 cm³/mol. The SMILES string of the molecule is COC(=O)c1ccc(NC(=O)c2ccc(OC)c(COc3ccc(C)c(C)c3)c2)cc1. The third-order valence-corrected chi connectivity index (χ3v) is 4.98. The maximum absolute atomic E-state index is 12.7. The van der Waals surface area contributed by atoms with Gasteiger partial charge in [0.05, 0.1) is 19.8 Å². The number of anilines is 1. The zero-order valence-electron chi connectivity index (χ0n) is 18.0. The maximum atomic E-state index is 12.7. The largest absolute Gasteiger partial charge is 0.496 e. The zero-order valence-corrected chi connectivity index (χ0v) is 18.0. The van der Waals surface area contributed by atoms with Crippen molar-refractivity contribution in [2.75, 3.05) is 19.5 Å². The lowest BCUT2D eigenvalue weighted by Crippen LogP contribution is -2.13. The molecule has 0 fully saturated rings. The summed E-state index contributed by atoms with van der Waals surface area (Å²) in [6.07, 6.45) is 0. The average Bonchev–Trinajstić information content (AvgIpc) is 2.79. The molecule has 1 N–H and O–H groups in total. The van der Waals surface area contributed by atoms with Crippen LogP contribution in [0, 0.1) is 13.8 Å². The summed E-state index contributed by atoms with van der Waals surface area (Å²) in [7, 11) is 2.90. The lowest BCUT2D eigenvalue weighted by Gasteiger charge is -2.13. The molecule has 0 heterocycles. The van der Waals surface area contributed by atoms with Crippen LogP contribution in [0.1, 0.15) is 37.4 Å². The number of benzene rings is 3. The molecule has 160 valence electrons. The molecule has 0 saturated heterocycles. The number of carbonyl (C=O) groups excluding carboxylic acids is 2. The van der Waals surface area contributed by atoms with Crippen molar-refractivity contribution in [1.82, 2.24) is 0 Å². The van der Waals surface area contributed by atoms with Crippen LogP contribution in [-0.2, 0) is 11.3 Å². The number of hydrogen-bond acceptors (Lipinski definition) is 5. The van der Waals surface area contributed by atoms with Gasteiger partial charge in [0, 0.05) is 16.8 Å². The topological polar surface area (TPSA) is 73.9 Å². The van der Waals surface area contributed by atoms with Crippen molar-refractivity contribution in [3.05, 3.63) is 88.5 Å². The molecule has 0 saturated carbocycles. The highest BCUT2D eigenvalue weighted by atomic mass is 16.5. The Morgan fingerprint density at radius 3 is 2.19 bits per heavy atom. The normalized spacial score (nSPS) is 10.3. The molecule has 3 aromatic carbocycles. The summed E-state index contributed by atoms with van der Waals surface area (Å²) in [5, 5.41) is 2.82. The minimum atomic E-state index is -0.429. The fraction of sp³-hybridized carbons (Fsp3) is 0.200. The van der Waals surface area contributed by atoms with Gasteiger partial charge in [0.2, 0.25) is 0 Å². The van der Waals surface area contributed by atoms with Crippen molar-refractivity contribution in [3.8, 4) is 11.5 Å². The number of rotatable bonds is 7. The molecule has 3 aromatic rings. The zero-order chi connectivity index (χ0) is 22.4. The van der Waals surface area contributed by atoms with Crippen LogP contribution >= 0.6 is 0 Å². The van der Waals surface area contributed by atoms with Gasteiger partial charge >= 0.3 is 5.97 Å². The Labute approximate surface area is 181 Å². The molecule has 3 rings (SSSR count). The average molecular weight is 419 g/mol. The number of aryl methyl sites for hydroxylation is 2. The molecule has 6 nitrogen and oxygen atoms in total. The Hall–Kier alpha value is -3.80. The first-order valence-corrected chi connectivity index (χ1v) is 9.78. The molecular weight excluding hydrogens is 394 g/mol. The minimum absolute atomic E-state index is 0.265. The van der Waals surface area contributed by atoms with E-state index in [1.165, 1.54) is 12.7 Å². The van der Waals surface area contributed by atoms with Crippen LogP contribution < -0.4 is 14.8 Å². The highest BCUT2D eigenvalue weighted by Gasteiger charge is 2.12. The summed E-state index contributed by atoms with van der Waals surface area (Å²) >= 11 is 0. The van der Waals surface area contributed by atoms with Gasteiger partial charge in [0.1, 0.15) is 18.1 Å². The molecule has 0 aliphatic heterocycles. The van der Waals surface area contributed by atoms with Crippen LogP contribution in [0.3, 0.4) is 0 Å². The van der Waals surface area contributed by atoms with Crippen LogP contribution in [-0.4, -0.2) is 26.1 Å². The van der Waals surface area contributed by atoms with Crippen LogP contribution in [0.4, 0.5) is 5.69 Å². The van der Waals surface area contributed by atoms with Gasteiger partial charge in [0.25, 0.3) is 5.91 Å². The lowest BCUT2D eigenvalue weighted by atomic mass is 10.1. The molecule has 6 heteroatoms. The van der Waals surface area contributed by atoms with Crippen LogP contribution in [0.5, 0.6) is 11.5 Å². The fourth-order valence-electron chi connectivity index (χ4n) is 3.01. The Kier molecular flexibility index (Phi) is 6.92. The van der Waals surface area contributed by atoms with E-state index < -0.39 is 5.97 Å². The molecule has 31 heavy (non-hydrogen) atoms. The highest BCUT2D eigenvalue weighted by Crippen LogP contribution is 2.24. The molecule has 0 unspecified atom stereocenters. The monoisotopic (exact) mass is 419 g/mol. The standard InChI is InChI=1S/C25H25NO5/c1-16-5-11-22(13-17(16)2)31-15-20-14-19(8-12-23(20)29-3)24(27)26-21-9-6-18(7-10-21)25(28)30-4/h5-14H,15H2,1-4H3,(H,26,27). The van der Waals surface area contributed by atoms with Gasteiger partial charge < -0.3 is 19.5 Å². The van der Waals surface area contributed by atoms with Gasteiger partial charge in [-0.2, -0.15) is 0 Å². The number of carbonyl (C=O) groups is 2. The molecule has 0 atom stereocenters. The third-order valence-electron chi connectivity index (χ3n) is 4.98. The predicted octanol–water partition coefficient (Wildman–Crippen LogP) is 4.93. The quantitative estimate of drug-likeness (QED) is 0.550. The summed E-state index contributed by atoms with van der Waals surface area (Å²) in [5.41, 5.74) is 4.56. The van der Waals surface area contributed by atoms with Crippen molar-refractivity contribution in [2.24, 2.45) is 0 Å². The number of amides is 1. The molecule has 0 radical (unpaired) electrons. The number of nitrogens with one attached hydrogen (secondary N) is 1. The molecule has 1 amide bonds. The second-order valence-corrected chi connectivity index (χ2v) is 7.08. The van der Waals surface area contributed by atoms with Crippen molar-refractivity contribution in [1.29, 1.82) is 0 Å². The first kappa shape index (κ1) is 21.9. The van der Waals surface area contributed by atoms with Crippen molar-refractivity contribution in [3.63, 3.8) is 0 Å². The van der Waals surface area contributed by atoms with Gasteiger partial charge in [-0.1, -0.05) is 6.07 Å². The fourth-order valence-corrected chi connectivity index (χ4v) is 3.01. The van der Waals surface area contributed by atoms with Crippen LogP contribution in [0.15, 0.2) is 60.7 Å². The van der Waals surface area contributed by atoms with Gasteiger partial charge in [-0.15, -0.1) is 0 Å². The van der Waals surface area contributed by atoms with E-state index in [4.69, 9.17) is 9.47 Å². The molecular formula is C25H25NO5. The van der Waals surface area contributed by atoms with E-state index in [2.05, 4.69) is 10.1 Å². The molecule has 0 aliphatic carbocycles. The maximum Gasteiger partial charge on any atom is 0.337 e. The van der Waals surface area contributed by atoms with E-state index in [0.29, 0.717) is 22.6 Å². The van der Waals surface area contributed by atoms with E-state index >= 15 is 0 Å². The van der Waals surface area contributed by atoms with Gasteiger partial charge in [-0.05, 0) is 79.6 Å². The molecule has 0 aromatic heterocycles. The van der Waals surface area contributed by atoms with Crippen molar-refractivity contribution < 1.29 is 23.8 Å². The van der Waals surface area contributed by atoms with E-state index in [0.717, 1.165) is 16.9 Å². The smallest absolute Gasteiger partial charge is 0.337 e. The number of hydrogen-bond donors (Lipinski definition) is 1. The first-order valence-electron chi connectivity index (χ1n) is 9.78. The Bertz CT molecular complexity index is 1090. The number of methoxy groups -OCH3 is 2. The summed E-state index contributed by atoms with van der Waals surface area (Å²) in [5.74, 6) is 0.691. The van der Waals surface area contributed by atoms with E-state index in [1.807, 2.05) is 32.0 Å². The molecule has 0 aliphatic rings. The highest BCUT2D eigenvalue weighted by molar-refractivity contribution is 6.04. The Morgan fingerprint density at radius 1 is 0.839 bits per heavy atom. The van der Waals surface area contributed by atoms with E-state index in [-0.39, 0.29) is 12.5 Å². The van der Waals surface area contributed by atoms with Crippen molar-refractivity contribution >= 4 is 17.6 Å². The van der Waals surface area contributed by atoms with Gasteiger partial charge in [-0.25, -0.2) is 4.79 Å². The van der Waals surface area contributed by atoms with Gasteiger partial charge in [0.15, 0.2) is 0 Å². The van der Waals surface area contributed by atoms with Crippen molar-refractivity contribution in [2.45, 2.75) is 20.5 Å². The summed E-state index contributed by atoms with van der Waals surface area (Å²) in [6, 6.07) is 17.6. The van der Waals surface area contributed by atoms with E-state index in [9.17, 15) is 9.59 Å². The third kappa shape index (κ3) is 5.42. The second kappa shape index (κ2) is 9.80. The summed E-state index contributed by atoms with van der Waals surface area (Å²) in [4.78, 5) is 24.2.